The average molecular weight is 477 g/mol. The van der Waals surface area contributed by atoms with Crippen molar-refractivity contribution in [2.75, 3.05) is 6.61 Å². The van der Waals surface area contributed by atoms with Gasteiger partial charge < -0.3 is 20.5 Å². The molecule has 2 aromatic rings. The van der Waals surface area contributed by atoms with E-state index in [4.69, 9.17) is 4.74 Å². The quantitative estimate of drug-likeness (QED) is 0.542. The predicted molar refractivity (Wildman–Crippen MR) is 131 cm³/mol. The standard InChI is InChI=1S/C28H32N2O5/c31-25(32)16-18-8-1-6-13-24(18)29-26(33)28(14-7-15-28)30-27(34)35-17-23-21-11-4-2-9-19(21)20-10-3-5-12-22(20)23/h2-5,9-12,18,23-24H,1,6-8,13-17H2,(H,29,33)(H,30,34)(H,31,32). The molecule has 0 bridgehead atoms. The van der Waals surface area contributed by atoms with Crippen molar-refractivity contribution >= 4 is 18.0 Å². The van der Waals surface area contributed by atoms with Crippen molar-refractivity contribution in [1.82, 2.24) is 10.6 Å². The van der Waals surface area contributed by atoms with E-state index in [0.29, 0.717) is 12.8 Å². The highest BCUT2D eigenvalue weighted by Gasteiger charge is 2.47. The molecule has 7 heteroatoms. The molecule has 0 heterocycles. The third-order valence-corrected chi connectivity index (χ3v) is 7.99. The molecular weight excluding hydrogens is 444 g/mol. The lowest BCUT2D eigenvalue weighted by Gasteiger charge is -2.42. The van der Waals surface area contributed by atoms with Crippen molar-refractivity contribution in [2.45, 2.75) is 68.9 Å². The van der Waals surface area contributed by atoms with Gasteiger partial charge in [0.25, 0.3) is 0 Å². The molecule has 7 nitrogen and oxygen atoms in total. The first kappa shape index (κ1) is 23.4. The lowest BCUT2D eigenvalue weighted by molar-refractivity contribution is -0.139. The van der Waals surface area contributed by atoms with Crippen LogP contribution in [0.1, 0.15) is 68.4 Å². The molecular formula is C28H32N2O5. The second kappa shape index (κ2) is 9.72. The van der Waals surface area contributed by atoms with E-state index >= 15 is 0 Å². The van der Waals surface area contributed by atoms with Gasteiger partial charge >= 0.3 is 12.1 Å². The number of rotatable bonds is 7. The third-order valence-electron chi connectivity index (χ3n) is 7.99. The number of carbonyl (C=O) groups excluding carboxylic acids is 2. The fourth-order valence-electron chi connectivity index (χ4n) is 5.94. The summed E-state index contributed by atoms with van der Waals surface area (Å²) in [6.45, 7) is 0.195. The number of ether oxygens (including phenoxy) is 1. The lowest BCUT2D eigenvalue weighted by atomic mass is 9.75. The molecule has 2 aromatic carbocycles. The van der Waals surface area contributed by atoms with Crippen molar-refractivity contribution in [3.8, 4) is 11.1 Å². The van der Waals surface area contributed by atoms with Crippen molar-refractivity contribution < 1.29 is 24.2 Å². The third kappa shape index (κ3) is 4.64. The Morgan fingerprint density at radius 3 is 2.14 bits per heavy atom. The van der Waals surface area contributed by atoms with Crippen LogP contribution in [0.2, 0.25) is 0 Å². The second-order valence-electron chi connectivity index (χ2n) is 10.1. The minimum atomic E-state index is -0.978. The Morgan fingerprint density at radius 1 is 0.914 bits per heavy atom. The van der Waals surface area contributed by atoms with E-state index in [1.54, 1.807) is 0 Å². The zero-order valence-corrected chi connectivity index (χ0v) is 19.8. The first-order valence-electron chi connectivity index (χ1n) is 12.6. The van der Waals surface area contributed by atoms with Gasteiger partial charge in [-0.3, -0.25) is 9.59 Å². The number of hydrogen-bond acceptors (Lipinski definition) is 4. The molecule has 0 radical (unpaired) electrons. The highest BCUT2D eigenvalue weighted by molar-refractivity contribution is 5.91. The normalized spacial score (nSPS) is 22.3. The maximum absolute atomic E-state index is 13.2. The van der Waals surface area contributed by atoms with Gasteiger partial charge in [-0.05, 0) is 60.3 Å². The van der Waals surface area contributed by atoms with Crippen molar-refractivity contribution in [3.05, 3.63) is 59.7 Å². The van der Waals surface area contributed by atoms with Crippen LogP contribution in [0, 0.1) is 5.92 Å². The Bertz CT molecular complexity index is 1080. The van der Waals surface area contributed by atoms with Crippen LogP contribution in [0.15, 0.2) is 48.5 Å². The molecule has 3 N–H and O–H groups in total. The molecule has 0 aliphatic heterocycles. The van der Waals surface area contributed by atoms with Gasteiger partial charge in [-0.15, -0.1) is 0 Å². The number of alkyl carbamates (subject to hydrolysis) is 1. The van der Waals surface area contributed by atoms with E-state index in [0.717, 1.165) is 54.4 Å². The lowest BCUT2D eigenvalue weighted by Crippen LogP contribution is -2.64. The van der Waals surface area contributed by atoms with Gasteiger partial charge in [0.05, 0.1) is 6.42 Å². The number of amides is 2. The minimum Gasteiger partial charge on any atom is -0.481 e. The summed E-state index contributed by atoms with van der Waals surface area (Å²) in [5, 5.41) is 15.2. The Balaban J connectivity index is 1.22. The summed E-state index contributed by atoms with van der Waals surface area (Å²) in [4.78, 5) is 37.3. The van der Waals surface area contributed by atoms with Gasteiger partial charge in [0.15, 0.2) is 0 Å². The first-order valence-corrected chi connectivity index (χ1v) is 12.6. The summed E-state index contributed by atoms with van der Waals surface area (Å²) in [6.07, 6.45) is 4.93. The van der Waals surface area contributed by atoms with Crippen molar-refractivity contribution in [2.24, 2.45) is 5.92 Å². The smallest absolute Gasteiger partial charge is 0.408 e. The van der Waals surface area contributed by atoms with Gasteiger partial charge in [0.1, 0.15) is 12.1 Å². The van der Waals surface area contributed by atoms with Crippen LogP contribution >= 0.6 is 0 Å². The van der Waals surface area contributed by atoms with Crippen molar-refractivity contribution in [3.63, 3.8) is 0 Å². The summed E-state index contributed by atoms with van der Waals surface area (Å²) in [6, 6.07) is 16.2. The monoisotopic (exact) mass is 476 g/mol. The summed E-state index contributed by atoms with van der Waals surface area (Å²) in [5.74, 6) is -1.18. The van der Waals surface area contributed by atoms with E-state index in [1.165, 1.54) is 0 Å². The Morgan fingerprint density at radius 2 is 1.54 bits per heavy atom. The predicted octanol–water partition coefficient (Wildman–Crippen LogP) is 4.60. The van der Waals surface area contributed by atoms with E-state index < -0.39 is 17.6 Å². The number of hydrogen-bond donors (Lipinski definition) is 3. The number of carboxylic acid groups (broad SMARTS) is 1. The van der Waals surface area contributed by atoms with Gasteiger partial charge in [-0.2, -0.15) is 0 Å². The Labute approximate surface area is 205 Å². The molecule has 5 rings (SSSR count). The fraction of sp³-hybridized carbons (Fsp3) is 0.464. The summed E-state index contributed by atoms with van der Waals surface area (Å²) in [7, 11) is 0. The van der Waals surface area contributed by atoms with E-state index in [2.05, 4.69) is 34.9 Å². The van der Waals surface area contributed by atoms with Crippen LogP contribution in [0.25, 0.3) is 11.1 Å². The maximum atomic E-state index is 13.2. The van der Waals surface area contributed by atoms with E-state index in [1.807, 2.05) is 24.3 Å². The highest BCUT2D eigenvalue weighted by Crippen LogP contribution is 2.44. The topological polar surface area (TPSA) is 105 Å². The molecule has 2 unspecified atom stereocenters. The minimum absolute atomic E-state index is 0.0432. The zero-order chi connectivity index (χ0) is 24.4. The molecule has 35 heavy (non-hydrogen) atoms. The molecule has 2 amide bonds. The number of carboxylic acids is 1. The van der Waals surface area contributed by atoms with Crippen LogP contribution < -0.4 is 10.6 Å². The largest absolute Gasteiger partial charge is 0.481 e. The molecule has 2 fully saturated rings. The van der Waals surface area contributed by atoms with Crippen LogP contribution in [-0.4, -0.2) is 41.3 Å². The van der Waals surface area contributed by atoms with E-state index in [-0.39, 0.29) is 36.8 Å². The van der Waals surface area contributed by atoms with Gasteiger partial charge in [-0.1, -0.05) is 61.4 Å². The molecule has 2 atom stereocenters. The molecule has 2 saturated carbocycles. The highest BCUT2D eigenvalue weighted by atomic mass is 16.5. The van der Waals surface area contributed by atoms with Gasteiger partial charge in [0.2, 0.25) is 5.91 Å². The zero-order valence-electron chi connectivity index (χ0n) is 19.8. The second-order valence-corrected chi connectivity index (χ2v) is 10.1. The number of carbonyl (C=O) groups is 3. The maximum Gasteiger partial charge on any atom is 0.408 e. The van der Waals surface area contributed by atoms with Crippen LogP contribution in [-0.2, 0) is 14.3 Å². The first-order chi connectivity index (χ1) is 17.0. The van der Waals surface area contributed by atoms with Crippen LogP contribution in [0.5, 0.6) is 0 Å². The number of nitrogens with one attached hydrogen (secondary N) is 2. The molecule has 184 valence electrons. The molecule has 3 aliphatic rings. The van der Waals surface area contributed by atoms with E-state index in [9.17, 15) is 19.5 Å². The fourth-order valence-corrected chi connectivity index (χ4v) is 5.94. The summed E-state index contributed by atoms with van der Waals surface area (Å²) >= 11 is 0. The summed E-state index contributed by atoms with van der Waals surface area (Å²) < 4.78 is 5.68. The number of benzene rings is 2. The van der Waals surface area contributed by atoms with Crippen molar-refractivity contribution in [1.29, 1.82) is 0 Å². The Kier molecular flexibility index (Phi) is 6.50. The number of aliphatic carboxylic acids is 1. The molecule has 0 spiro atoms. The average Bonchev–Trinajstić information content (AvgIpc) is 3.15. The molecule has 0 saturated heterocycles. The number of fused-ring (bicyclic) bond motifs is 3. The van der Waals surface area contributed by atoms with Crippen LogP contribution in [0.4, 0.5) is 4.79 Å². The molecule has 3 aliphatic carbocycles. The van der Waals surface area contributed by atoms with Gasteiger partial charge in [-0.25, -0.2) is 4.79 Å². The SMILES string of the molecule is O=C(O)CC1CCCCC1NC(=O)C1(NC(=O)OCC2c3ccccc3-c3ccccc32)CCC1. The molecule has 0 aromatic heterocycles. The van der Waals surface area contributed by atoms with Gasteiger partial charge in [0, 0.05) is 12.0 Å². The van der Waals surface area contributed by atoms with Crippen LogP contribution in [0.3, 0.4) is 0 Å². The summed E-state index contributed by atoms with van der Waals surface area (Å²) in [5.41, 5.74) is 3.62. The Hall–Kier alpha value is -3.35.